The second-order valence-electron chi connectivity index (χ2n) is 9.46. The Balaban J connectivity index is 0.000000167. The van der Waals surface area contributed by atoms with Crippen molar-refractivity contribution in [2.24, 2.45) is 0 Å². The molecule has 136 valence electrons. The van der Waals surface area contributed by atoms with Crippen molar-refractivity contribution in [2.45, 2.75) is 83.8 Å². The standard InChI is InChI=1S/C10H19N.C8H17NO2S/c1-9(2,3)11-8-7-10(11)5-4-6-10;1-8(2,3)9-4-6-12(10,11)7-5-9/h4-8H2,1-3H3;4-7H2,1-3H3. The summed E-state index contributed by atoms with van der Waals surface area (Å²) >= 11 is 0. The molecule has 2 saturated heterocycles. The van der Waals surface area contributed by atoms with Crippen LogP contribution in [0.5, 0.6) is 0 Å². The molecule has 0 bridgehead atoms. The van der Waals surface area contributed by atoms with Gasteiger partial charge in [0, 0.05) is 36.3 Å². The van der Waals surface area contributed by atoms with Crippen molar-refractivity contribution in [1.82, 2.24) is 9.80 Å². The number of nitrogens with zero attached hydrogens (tertiary/aromatic N) is 2. The third kappa shape index (κ3) is 4.49. The first kappa shape index (κ1) is 19.2. The zero-order valence-electron chi connectivity index (χ0n) is 16.0. The van der Waals surface area contributed by atoms with Crippen LogP contribution in [0.25, 0.3) is 0 Å². The average molecular weight is 345 g/mol. The number of rotatable bonds is 0. The van der Waals surface area contributed by atoms with Crippen LogP contribution in [0.2, 0.25) is 0 Å². The van der Waals surface area contributed by atoms with Gasteiger partial charge in [-0.1, -0.05) is 0 Å². The molecular formula is C18H36N2O2S. The molecule has 1 aliphatic carbocycles. The van der Waals surface area contributed by atoms with Crippen LogP contribution in [0.4, 0.5) is 0 Å². The van der Waals surface area contributed by atoms with Gasteiger partial charge in [-0.3, -0.25) is 9.80 Å². The van der Waals surface area contributed by atoms with Crippen LogP contribution in [-0.2, 0) is 9.84 Å². The van der Waals surface area contributed by atoms with Gasteiger partial charge in [-0.25, -0.2) is 8.42 Å². The molecule has 0 aromatic heterocycles. The highest BCUT2D eigenvalue weighted by Crippen LogP contribution is 2.50. The van der Waals surface area contributed by atoms with Gasteiger partial charge in [0.15, 0.2) is 9.84 Å². The van der Waals surface area contributed by atoms with E-state index >= 15 is 0 Å². The van der Waals surface area contributed by atoms with E-state index in [0.717, 1.165) is 0 Å². The van der Waals surface area contributed by atoms with Gasteiger partial charge in [-0.2, -0.15) is 0 Å². The molecule has 0 aromatic rings. The van der Waals surface area contributed by atoms with Crippen molar-refractivity contribution >= 4 is 9.84 Å². The fourth-order valence-electron chi connectivity index (χ4n) is 4.07. The zero-order valence-corrected chi connectivity index (χ0v) is 16.8. The van der Waals surface area contributed by atoms with Crippen LogP contribution in [0.1, 0.15) is 67.2 Å². The SMILES string of the molecule is CC(C)(C)N1CCC12CCC2.CC(C)(C)N1CCS(=O)(=O)CC1. The maximum Gasteiger partial charge on any atom is 0.152 e. The zero-order chi connectivity index (χ0) is 17.5. The lowest BCUT2D eigenvalue weighted by molar-refractivity contribution is -0.125. The largest absolute Gasteiger partial charge is 0.296 e. The second-order valence-corrected chi connectivity index (χ2v) is 11.8. The fraction of sp³-hybridized carbons (Fsp3) is 1.00. The van der Waals surface area contributed by atoms with Gasteiger partial charge in [0.2, 0.25) is 0 Å². The summed E-state index contributed by atoms with van der Waals surface area (Å²) in [6, 6.07) is 0. The highest BCUT2D eigenvalue weighted by Gasteiger charge is 2.52. The van der Waals surface area contributed by atoms with Crippen molar-refractivity contribution in [2.75, 3.05) is 31.1 Å². The molecule has 2 aliphatic heterocycles. The van der Waals surface area contributed by atoms with Crippen LogP contribution >= 0.6 is 0 Å². The molecule has 0 unspecified atom stereocenters. The predicted octanol–water partition coefficient (Wildman–Crippen LogP) is 2.93. The lowest BCUT2D eigenvalue weighted by atomic mass is 9.66. The topological polar surface area (TPSA) is 40.6 Å². The van der Waals surface area contributed by atoms with Gasteiger partial charge in [-0.05, 0) is 67.2 Å². The minimum atomic E-state index is -2.72. The van der Waals surface area contributed by atoms with Crippen LogP contribution in [0, 0.1) is 0 Å². The lowest BCUT2D eigenvalue weighted by Gasteiger charge is -2.63. The molecule has 0 N–H and O–H groups in total. The van der Waals surface area contributed by atoms with Crippen LogP contribution in [-0.4, -0.2) is 66.0 Å². The minimum Gasteiger partial charge on any atom is -0.296 e. The maximum atomic E-state index is 11.1. The first-order chi connectivity index (χ1) is 10.4. The molecule has 4 nitrogen and oxygen atoms in total. The highest BCUT2D eigenvalue weighted by atomic mass is 32.2. The lowest BCUT2D eigenvalue weighted by Crippen LogP contribution is -2.69. The van der Waals surface area contributed by atoms with Crippen molar-refractivity contribution in [3.8, 4) is 0 Å². The molecule has 3 rings (SSSR count). The molecule has 0 atom stereocenters. The predicted molar refractivity (Wildman–Crippen MR) is 97.6 cm³/mol. The monoisotopic (exact) mass is 344 g/mol. The Morgan fingerprint density at radius 1 is 0.783 bits per heavy atom. The Labute approximate surface area is 143 Å². The molecule has 3 fully saturated rings. The third-order valence-corrected chi connectivity index (χ3v) is 7.37. The van der Waals surface area contributed by atoms with Crippen molar-refractivity contribution < 1.29 is 8.42 Å². The molecule has 23 heavy (non-hydrogen) atoms. The smallest absolute Gasteiger partial charge is 0.152 e. The fourth-order valence-corrected chi connectivity index (χ4v) is 5.28. The molecule has 1 saturated carbocycles. The molecule has 5 heteroatoms. The summed E-state index contributed by atoms with van der Waals surface area (Å²) in [6.07, 6.45) is 5.85. The number of hydrogen-bond donors (Lipinski definition) is 0. The summed E-state index contributed by atoms with van der Waals surface area (Å²) < 4.78 is 22.2. The Bertz CT molecular complexity index is 491. The van der Waals surface area contributed by atoms with Crippen LogP contribution in [0.3, 0.4) is 0 Å². The van der Waals surface area contributed by atoms with Crippen LogP contribution in [0.15, 0.2) is 0 Å². The van der Waals surface area contributed by atoms with E-state index in [1.165, 1.54) is 32.2 Å². The molecular weight excluding hydrogens is 308 g/mol. The molecule has 1 spiro atoms. The van der Waals surface area contributed by atoms with Gasteiger partial charge < -0.3 is 0 Å². The summed E-state index contributed by atoms with van der Waals surface area (Å²) in [7, 11) is -2.72. The van der Waals surface area contributed by atoms with Crippen molar-refractivity contribution in [1.29, 1.82) is 0 Å². The van der Waals surface area contributed by atoms with Gasteiger partial charge >= 0.3 is 0 Å². The third-order valence-electron chi connectivity index (χ3n) is 5.76. The quantitative estimate of drug-likeness (QED) is 0.677. The minimum absolute atomic E-state index is 0.107. The van der Waals surface area contributed by atoms with E-state index in [0.29, 0.717) is 35.7 Å². The van der Waals surface area contributed by atoms with Gasteiger partial charge in [0.1, 0.15) is 0 Å². The molecule has 0 aromatic carbocycles. The normalized spacial score (nSPS) is 27.6. The van der Waals surface area contributed by atoms with E-state index in [1.807, 2.05) is 0 Å². The summed E-state index contributed by atoms with van der Waals surface area (Å²) in [5.74, 6) is 0.647. The molecule has 0 amide bonds. The first-order valence-electron chi connectivity index (χ1n) is 9.09. The summed E-state index contributed by atoms with van der Waals surface area (Å²) in [4.78, 5) is 4.91. The van der Waals surface area contributed by atoms with Gasteiger partial charge in [0.25, 0.3) is 0 Å². The Kier molecular flexibility index (Phi) is 5.26. The maximum absolute atomic E-state index is 11.1. The Morgan fingerprint density at radius 3 is 1.52 bits per heavy atom. The van der Waals surface area contributed by atoms with Crippen molar-refractivity contribution in [3.05, 3.63) is 0 Å². The van der Waals surface area contributed by atoms with Crippen LogP contribution < -0.4 is 0 Å². The summed E-state index contributed by atoms with van der Waals surface area (Å²) in [5.41, 5.74) is 1.20. The number of sulfone groups is 1. The van der Waals surface area contributed by atoms with E-state index in [1.54, 1.807) is 0 Å². The van der Waals surface area contributed by atoms with E-state index in [2.05, 4.69) is 51.3 Å². The number of likely N-dealkylation sites (tertiary alicyclic amines) is 1. The molecule has 2 heterocycles. The van der Waals surface area contributed by atoms with E-state index in [9.17, 15) is 8.42 Å². The first-order valence-corrected chi connectivity index (χ1v) is 10.9. The average Bonchev–Trinajstić information content (AvgIpc) is 2.21. The van der Waals surface area contributed by atoms with E-state index < -0.39 is 9.84 Å². The number of hydrogen-bond acceptors (Lipinski definition) is 4. The van der Waals surface area contributed by atoms with E-state index in [-0.39, 0.29) is 5.54 Å². The van der Waals surface area contributed by atoms with Gasteiger partial charge in [0.05, 0.1) is 11.5 Å². The summed E-state index contributed by atoms with van der Waals surface area (Å²) in [6.45, 7) is 16.1. The molecule has 3 aliphatic rings. The second kappa shape index (κ2) is 6.30. The Hall–Kier alpha value is -0.130. The van der Waals surface area contributed by atoms with E-state index in [4.69, 9.17) is 0 Å². The Morgan fingerprint density at radius 2 is 1.30 bits per heavy atom. The highest BCUT2D eigenvalue weighted by molar-refractivity contribution is 7.91. The van der Waals surface area contributed by atoms with Crippen molar-refractivity contribution in [3.63, 3.8) is 0 Å². The molecule has 0 radical (unpaired) electrons. The summed E-state index contributed by atoms with van der Waals surface area (Å²) in [5, 5.41) is 0. The van der Waals surface area contributed by atoms with Gasteiger partial charge in [-0.15, -0.1) is 0 Å².